The number of carboxylic acids is 1. The molecule has 288 valence electrons. The third-order valence-corrected chi connectivity index (χ3v) is 11.1. The largest absolute Gasteiger partial charge is 0.480 e. The number of carboxylic acid groups (broad SMARTS) is 1. The predicted octanol–water partition coefficient (Wildman–Crippen LogP) is 4.24. The van der Waals surface area contributed by atoms with Crippen molar-refractivity contribution >= 4 is 47.0 Å². The number of piperidine rings is 2. The summed E-state index contributed by atoms with van der Waals surface area (Å²) in [4.78, 5) is 60.8. The molecule has 53 heavy (non-hydrogen) atoms. The number of aliphatic carboxylic acids is 1. The summed E-state index contributed by atoms with van der Waals surface area (Å²) in [6, 6.07) is 9.59. The van der Waals surface area contributed by atoms with E-state index >= 15 is 0 Å². The number of likely N-dealkylation sites (tertiary alicyclic amines) is 2. The third-order valence-electron chi connectivity index (χ3n) is 10.8. The van der Waals surface area contributed by atoms with Crippen LogP contribution in [-0.2, 0) is 33.3 Å². The number of nitrogens with two attached hydrogens (primary N) is 1. The number of carbonyl (C=O) groups is 4. The highest BCUT2D eigenvalue weighted by Crippen LogP contribution is 2.38. The zero-order valence-electron chi connectivity index (χ0n) is 29.3. The molecule has 3 saturated heterocycles. The summed E-state index contributed by atoms with van der Waals surface area (Å²) < 4.78 is 47.3. The van der Waals surface area contributed by atoms with Crippen LogP contribution in [0.5, 0.6) is 0 Å². The first-order valence-corrected chi connectivity index (χ1v) is 18.4. The van der Waals surface area contributed by atoms with E-state index in [2.05, 4.69) is 10.2 Å². The van der Waals surface area contributed by atoms with Gasteiger partial charge in [-0.3, -0.25) is 19.4 Å². The SMILES string of the molecule is Nc1c(Cl)cc(CC(OC(=O)N2CCC(N3CCc4ccccc4NC3=O)CC2)C(=O)N2CCC(N3CCN(CC(=O)O)CC3)CC2)cc1C(F)(F)F. The number of fused-ring (bicyclic) bond motifs is 1. The summed E-state index contributed by atoms with van der Waals surface area (Å²) in [7, 11) is 0. The number of benzene rings is 2. The Hall–Kier alpha value is -4.28. The first-order valence-electron chi connectivity index (χ1n) is 18.0. The van der Waals surface area contributed by atoms with Crippen LogP contribution in [0.4, 0.5) is 34.1 Å². The zero-order chi connectivity index (χ0) is 37.9. The molecule has 6 rings (SSSR count). The predicted molar refractivity (Wildman–Crippen MR) is 191 cm³/mol. The van der Waals surface area contributed by atoms with Gasteiger partial charge >= 0.3 is 24.3 Å². The molecular formula is C36H45ClF3N7O6. The Morgan fingerprint density at radius 3 is 2.23 bits per heavy atom. The quantitative estimate of drug-likeness (QED) is 0.336. The second-order valence-corrected chi connectivity index (χ2v) is 14.5. The van der Waals surface area contributed by atoms with Crippen LogP contribution >= 0.6 is 11.6 Å². The van der Waals surface area contributed by atoms with Crippen LogP contribution in [0.25, 0.3) is 0 Å². The van der Waals surface area contributed by atoms with Gasteiger partial charge in [-0.05, 0) is 61.4 Å². The Morgan fingerprint density at radius 1 is 0.925 bits per heavy atom. The number of hydrogen-bond acceptors (Lipinski definition) is 8. The molecular weight excluding hydrogens is 719 g/mol. The van der Waals surface area contributed by atoms with Crippen molar-refractivity contribution in [2.45, 2.75) is 62.9 Å². The number of anilines is 2. The number of ether oxygens (including phenoxy) is 1. The smallest absolute Gasteiger partial charge is 0.418 e. The summed E-state index contributed by atoms with van der Waals surface area (Å²) in [6.07, 6.45) is -4.39. The number of urea groups is 1. The number of piperazine rings is 1. The van der Waals surface area contributed by atoms with Crippen molar-refractivity contribution in [3.8, 4) is 0 Å². The van der Waals surface area contributed by atoms with E-state index in [1.165, 1.54) is 11.0 Å². The molecule has 4 amide bonds. The van der Waals surface area contributed by atoms with E-state index in [0.717, 1.165) is 17.3 Å². The van der Waals surface area contributed by atoms with E-state index in [4.69, 9.17) is 27.2 Å². The standard InChI is InChI=1S/C36H45ClF3N7O6/c37-28-20-23(19-27(32(28)41)36(38,39)40)21-30(33(50)45-10-6-25(7-11-45)44-17-15-43(16-18-44)22-31(48)49)53-35(52)46-12-8-26(9-13-46)47-14-5-24-3-1-2-4-29(24)42-34(47)51/h1-4,19-20,25-26,30H,5-18,21-22,41H2,(H,42,51)(H,48,49). The van der Waals surface area contributed by atoms with E-state index in [1.54, 1.807) is 9.80 Å². The molecule has 0 spiro atoms. The number of hydrogen-bond donors (Lipinski definition) is 3. The van der Waals surface area contributed by atoms with Gasteiger partial charge in [0.1, 0.15) is 0 Å². The van der Waals surface area contributed by atoms with Gasteiger partial charge in [0.25, 0.3) is 5.91 Å². The van der Waals surface area contributed by atoms with Crippen molar-refractivity contribution in [1.29, 1.82) is 0 Å². The average Bonchev–Trinajstić information content (AvgIpc) is 3.30. The lowest BCUT2D eigenvalue weighted by molar-refractivity contribution is -0.142. The van der Waals surface area contributed by atoms with Crippen LogP contribution in [0.3, 0.4) is 0 Å². The second-order valence-electron chi connectivity index (χ2n) is 14.1. The van der Waals surface area contributed by atoms with Crippen molar-refractivity contribution < 1.29 is 42.2 Å². The molecule has 13 nitrogen and oxygen atoms in total. The molecule has 2 aromatic rings. The molecule has 4 heterocycles. The molecule has 17 heteroatoms. The van der Waals surface area contributed by atoms with Gasteiger partial charge in [-0.1, -0.05) is 29.8 Å². The molecule has 4 aliphatic rings. The summed E-state index contributed by atoms with van der Waals surface area (Å²) >= 11 is 6.11. The highest BCUT2D eigenvalue weighted by Gasteiger charge is 2.38. The van der Waals surface area contributed by atoms with Crippen LogP contribution < -0.4 is 11.1 Å². The monoisotopic (exact) mass is 763 g/mol. The lowest BCUT2D eigenvalue weighted by atomic mass is 9.99. The molecule has 1 unspecified atom stereocenters. The van der Waals surface area contributed by atoms with Gasteiger partial charge in [-0.2, -0.15) is 13.2 Å². The molecule has 4 aliphatic heterocycles. The molecule has 0 aliphatic carbocycles. The molecule has 1 atom stereocenters. The zero-order valence-corrected chi connectivity index (χ0v) is 30.1. The van der Waals surface area contributed by atoms with Crippen LogP contribution in [0.2, 0.25) is 5.02 Å². The normalized spacial score (nSPS) is 20.4. The van der Waals surface area contributed by atoms with Gasteiger partial charge < -0.3 is 35.6 Å². The van der Waals surface area contributed by atoms with E-state index in [9.17, 15) is 32.3 Å². The highest BCUT2D eigenvalue weighted by molar-refractivity contribution is 6.33. The maximum atomic E-state index is 14.0. The van der Waals surface area contributed by atoms with Gasteiger partial charge in [-0.25, -0.2) is 9.59 Å². The fraction of sp³-hybridized carbons (Fsp3) is 0.556. The molecule has 0 aromatic heterocycles. The van der Waals surface area contributed by atoms with E-state index in [-0.39, 0.29) is 54.8 Å². The number of alkyl halides is 3. The van der Waals surface area contributed by atoms with Gasteiger partial charge in [0, 0.05) is 83.1 Å². The topological polar surface area (TPSA) is 152 Å². The molecule has 0 saturated carbocycles. The number of para-hydroxylation sites is 1. The van der Waals surface area contributed by atoms with Gasteiger partial charge in [0.05, 0.1) is 22.8 Å². The summed E-state index contributed by atoms with van der Waals surface area (Å²) in [5, 5.41) is 11.8. The molecule has 0 bridgehead atoms. The summed E-state index contributed by atoms with van der Waals surface area (Å²) in [5.41, 5.74) is 5.76. The van der Waals surface area contributed by atoms with Crippen molar-refractivity contribution in [2.24, 2.45) is 0 Å². The molecule has 4 N–H and O–H groups in total. The van der Waals surface area contributed by atoms with E-state index < -0.39 is 41.5 Å². The number of amides is 4. The van der Waals surface area contributed by atoms with E-state index in [1.807, 2.05) is 29.2 Å². The number of rotatable bonds is 8. The van der Waals surface area contributed by atoms with Crippen molar-refractivity contribution in [3.63, 3.8) is 0 Å². The number of halogens is 4. The Balaban J connectivity index is 1.10. The van der Waals surface area contributed by atoms with Crippen LogP contribution in [0.15, 0.2) is 36.4 Å². The van der Waals surface area contributed by atoms with Crippen molar-refractivity contribution in [2.75, 3.05) is 76.5 Å². The molecule has 0 radical (unpaired) electrons. The Kier molecular flexibility index (Phi) is 11.9. The van der Waals surface area contributed by atoms with Gasteiger partial charge in [0.15, 0.2) is 6.10 Å². The first kappa shape index (κ1) is 38.4. The van der Waals surface area contributed by atoms with Crippen molar-refractivity contribution in [3.05, 3.63) is 58.1 Å². The lowest BCUT2D eigenvalue weighted by Gasteiger charge is -2.43. The third kappa shape index (κ3) is 9.27. The minimum absolute atomic E-state index is 0.00651. The van der Waals surface area contributed by atoms with Gasteiger partial charge in [-0.15, -0.1) is 0 Å². The summed E-state index contributed by atoms with van der Waals surface area (Å²) in [6.45, 7) is 4.43. The Labute approximate surface area is 310 Å². The minimum Gasteiger partial charge on any atom is -0.480 e. The number of nitrogens with one attached hydrogen (secondary N) is 1. The molecule has 2 aromatic carbocycles. The van der Waals surface area contributed by atoms with Crippen LogP contribution in [0.1, 0.15) is 42.4 Å². The highest BCUT2D eigenvalue weighted by atomic mass is 35.5. The average molecular weight is 764 g/mol. The Morgan fingerprint density at radius 2 is 1.57 bits per heavy atom. The number of nitrogens with zero attached hydrogens (tertiary/aromatic N) is 5. The minimum atomic E-state index is -4.79. The first-order chi connectivity index (χ1) is 25.3. The van der Waals surface area contributed by atoms with E-state index in [0.29, 0.717) is 77.9 Å². The van der Waals surface area contributed by atoms with Crippen LogP contribution in [-0.4, -0.2) is 137 Å². The fourth-order valence-corrected chi connectivity index (χ4v) is 8.09. The lowest BCUT2D eigenvalue weighted by Crippen LogP contribution is -2.55. The maximum Gasteiger partial charge on any atom is 0.418 e. The maximum absolute atomic E-state index is 14.0. The van der Waals surface area contributed by atoms with Crippen LogP contribution in [0, 0.1) is 0 Å². The fourth-order valence-electron chi connectivity index (χ4n) is 7.85. The van der Waals surface area contributed by atoms with Crippen molar-refractivity contribution in [1.82, 2.24) is 24.5 Å². The summed E-state index contributed by atoms with van der Waals surface area (Å²) in [5.74, 6) is -1.38. The number of carbonyl (C=O) groups excluding carboxylic acids is 3. The Bertz CT molecular complexity index is 1680. The number of nitrogen functional groups attached to an aromatic ring is 1. The molecule has 3 fully saturated rings. The second kappa shape index (κ2) is 16.4. The van der Waals surface area contributed by atoms with Gasteiger partial charge in [0.2, 0.25) is 0 Å².